The van der Waals surface area contributed by atoms with E-state index in [0.717, 1.165) is 35.0 Å². The highest BCUT2D eigenvalue weighted by Crippen LogP contribution is 2.32. The number of amides is 1. The van der Waals surface area contributed by atoms with E-state index in [9.17, 15) is 25.0 Å². The van der Waals surface area contributed by atoms with Crippen LogP contribution in [0.2, 0.25) is 19.6 Å². The molecule has 0 fully saturated rings. The largest absolute Gasteiger partial charge is 0.336 e. The van der Waals surface area contributed by atoms with E-state index < -0.39 is 35.4 Å². The molecule has 2 aromatic carbocycles. The van der Waals surface area contributed by atoms with Crippen molar-refractivity contribution in [1.82, 2.24) is 0 Å². The molecule has 0 heterocycles. The lowest BCUT2D eigenvalue weighted by molar-refractivity contribution is -0.394. The Labute approximate surface area is 157 Å². The highest BCUT2D eigenvalue weighted by Gasteiger charge is 2.34. The smallest absolute Gasteiger partial charge is 0.277 e. The zero-order chi connectivity index (χ0) is 20.5. The lowest BCUT2D eigenvalue weighted by atomic mass is 10.1. The minimum absolute atomic E-state index is 0.0685. The summed E-state index contributed by atoms with van der Waals surface area (Å²) in [4.78, 5) is 34.2. The number of aryl methyl sites for hydroxylation is 2. The fraction of sp³-hybridized carbons (Fsp3) is 0.278. The number of hydrogen-bond acceptors (Lipinski definition) is 5. The van der Waals surface area contributed by atoms with Crippen LogP contribution < -0.4 is 4.57 Å². The summed E-state index contributed by atoms with van der Waals surface area (Å²) < 4.78 is 1.67. The number of nitro groups is 2. The fourth-order valence-electron chi connectivity index (χ4n) is 2.96. The third kappa shape index (κ3) is 4.19. The van der Waals surface area contributed by atoms with Crippen LogP contribution in [0.1, 0.15) is 21.5 Å². The van der Waals surface area contributed by atoms with Gasteiger partial charge in [-0.05, 0) is 25.0 Å². The minimum Gasteiger partial charge on any atom is -0.336 e. The second-order valence-corrected chi connectivity index (χ2v) is 12.1. The maximum atomic E-state index is 13.4. The highest BCUT2D eigenvalue weighted by molar-refractivity contribution is 6.83. The van der Waals surface area contributed by atoms with Gasteiger partial charge in [0.05, 0.1) is 21.5 Å². The van der Waals surface area contributed by atoms with Gasteiger partial charge in [0.1, 0.15) is 0 Å². The van der Waals surface area contributed by atoms with E-state index in [-0.39, 0.29) is 5.56 Å². The number of carbonyl (C=O) groups excluding carboxylic acids is 1. The summed E-state index contributed by atoms with van der Waals surface area (Å²) in [6, 6.07) is 8.71. The molecule has 2 rings (SSSR count). The summed E-state index contributed by atoms with van der Waals surface area (Å²) in [5.74, 6) is -0.474. The van der Waals surface area contributed by atoms with Crippen molar-refractivity contribution in [3.63, 3.8) is 0 Å². The van der Waals surface area contributed by atoms with Crippen molar-refractivity contribution in [2.75, 3.05) is 4.57 Å². The monoisotopic (exact) mass is 387 g/mol. The summed E-state index contributed by atoms with van der Waals surface area (Å²) in [6.45, 7) is 9.70. The molecule has 8 nitrogen and oxygen atoms in total. The average Bonchev–Trinajstić information content (AvgIpc) is 2.56. The first-order chi connectivity index (χ1) is 12.4. The molecule has 1 amide bonds. The lowest BCUT2D eigenvalue weighted by Gasteiger charge is -2.36. The Kier molecular flexibility index (Phi) is 5.45. The van der Waals surface area contributed by atoms with Crippen molar-refractivity contribution >= 4 is 31.2 Å². The van der Waals surface area contributed by atoms with Crippen LogP contribution in [-0.4, -0.2) is 24.0 Å². The average molecular weight is 387 g/mol. The third-order valence-corrected chi connectivity index (χ3v) is 5.88. The van der Waals surface area contributed by atoms with Gasteiger partial charge in [-0.15, -0.1) is 0 Å². The second kappa shape index (κ2) is 7.27. The first-order valence-corrected chi connectivity index (χ1v) is 11.7. The molecule has 142 valence electrons. The maximum Gasteiger partial charge on any atom is 0.277 e. The summed E-state index contributed by atoms with van der Waals surface area (Å²) >= 11 is 0. The molecule has 0 aliphatic rings. The molecular formula is C18H21N3O5Si. The van der Waals surface area contributed by atoms with E-state index in [4.69, 9.17) is 0 Å². The SMILES string of the molecule is Cc1cccc(C)c1N(C(=O)c1cc([N+](=O)[O-])cc([N+](=O)[O-])c1)[Si](C)(C)C. The van der Waals surface area contributed by atoms with Crippen molar-refractivity contribution in [1.29, 1.82) is 0 Å². The van der Waals surface area contributed by atoms with Crippen LogP contribution in [0.4, 0.5) is 17.1 Å². The number of non-ortho nitro benzene ring substituents is 2. The first-order valence-electron chi connectivity index (χ1n) is 8.28. The van der Waals surface area contributed by atoms with E-state index >= 15 is 0 Å². The zero-order valence-corrected chi connectivity index (χ0v) is 16.8. The molecule has 0 atom stereocenters. The van der Waals surface area contributed by atoms with E-state index in [1.807, 2.05) is 51.7 Å². The molecule has 0 spiro atoms. The molecule has 0 N–H and O–H groups in total. The Morgan fingerprint density at radius 2 is 1.37 bits per heavy atom. The van der Waals surface area contributed by atoms with Gasteiger partial charge in [0, 0.05) is 17.8 Å². The molecule has 0 saturated heterocycles. The van der Waals surface area contributed by atoms with Crippen molar-refractivity contribution in [3.05, 3.63) is 73.3 Å². The number of carbonyl (C=O) groups is 1. The van der Waals surface area contributed by atoms with Crippen LogP contribution in [0.15, 0.2) is 36.4 Å². The predicted molar refractivity (Wildman–Crippen MR) is 106 cm³/mol. The predicted octanol–water partition coefficient (Wildman–Crippen LogP) is 4.60. The molecule has 0 saturated carbocycles. The van der Waals surface area contributed by atoms with Gasteiger partial charge >= 0.3 is 0 Å². The number of rotatable bonds is 5. The third-order valence-electron chi connectivity index (χ3n) is 4.11. The van der Waals surface area contributed by atoms with Gasteiger partial charge in [-0.1, -0.05) is 37.8 Å². The van der Waals surface area contributed by atoms with Crippen LogP contribution in [0.5, 0.6) is 0 Å². The van der Waals surface area contributed by atoms with Crippen molar-refractivity contribution in [3.8, 4) is 0 Å². The molecular weight excluding hydrogens is 366 g/mol. The zero-order valence-electron chi connectivity index (χ0n) is 15.8. The van der Waals surface area contributed by atoms with Crippen molar-refractivity contribution < 1.29 is 14.6 Å². The summed E-state index contributed by atoms with van der Waals surface area (Å²) in [6.07, 6.45) is 0. The summed E-state index contributed by atoms with van der Waals surface area (Å²) in [5, 5.41) is 22.3. The lowest BCUT2D eigenvalue weighted by Crippen LogP contribution is -2.50. The Morgan fingerprint density at radius 1 is 0.926 bits per heavy atom. The Morgan fingerprint density at radius 3 is 1.74 bits per heavy atom. The molecule has 2 aromatic rings. The maximum absolute atomic E-state index is 13.4. The van der Waals surface area contributed by atoms with E-state index in [1.165, 1.54) is 0 Å². The molecule has 0 aliphatic carbocycles. The van der Waals surface area contributed by atoms with Gasteiger partial charge in [0.25, 0.3) is 17.3 Å². The molecule has 0 aromatic heterocycles. The van der Waals surface area contributed by atoms with Crippen LogP contribution >= 0.6 is 0 Å². The van der Waals surface area contributed by atoms with Gasteiger partial charge in [-0.25, -0.2) is 0 Å². The first kappa shape index (κ1) is 20.2. The summed E-state index contributed by atoms with van der Waals surface area (Å²) in [5.41, 5.74) is 1.50. The Balaban J connectivity index is 2.71. The van der Waals surface area contributed by atoms with Crippen molar-refractivity contribution in [2.45, 2.75) is 33.5 Å². The Hall–Kier alpha value is -3.07. The molecule has 27 heavy (non-hydrogen) atoms. The van der Waals surface area contributed by atoms with Gasteiger partial charge in [-0.2, -0.15) is 0 Å². The number of nitro benzene ring substituents is 2. The number of hydrogen-bond donors (Lipinski definition) is 0. The van der Waals surface area contributed by atoms with E-state index in [1.54, 1.807) is 4.57 Å². The number of anilines is 1. The van der Waals surface area contributed by atoms with Crippen molar-refractivity contribution in [2.24, 2.45) is 0 Å². The van der Waals surface area contributed by atoms with Gasteiger partial charge in [0.15, 0.2) is 8.24 Å². The Bertz CT molecular complexity index is 885. The number of benzene rings is 2. The van der Waals surface area contributed by atoms with Gasteiger partial charge in [0.2, 0.25) is 0 Å². The van der Waals surface area contributed by atoms with Gasteiger partial charge in [-0.3, -0.25) is 25.0 Å². The molecule has 0 unspecified atom stereocenters. The van der Waals surface area contributed by atoms with Crippen LogP contribution in [0, 0.1) is 34.1 Å². The van der Waals surface area contributed by atoms with E-state index in [0.29, 0.717) is 0 Å². The number of para-hydroxylation sites is 1. The molecule has 0 aliphatic heterocycles. The fourth-order valence-corrected chi connectivity index (χ4v) is 4.72. The number of nitrogens with zero attached hydrogens (tertiary/aromatic N) is 3. The van der Waals surface area contributed by atoms with Crippen LogP contribution in [0.3, 0.4) is 0 Å². The quantitative estimate of drug-likeness (QED) is 0.423. The van der Waals surface area contributed by atoms with Gasteiger partial charge < -0.3 is 4.57 Å². The molecule has 0 bridgehead atoms. The molecule has 0 radical (unpaired) electrons. The second-order valence-electron chi connectivity index (χ2n) is 7.30. The highest BCUT2D eigenvalue weighted by atomic mass is 28.3. The standard InChI is InChI=1S/C18H21N3O5Si/c1-12-7-6-8-13(2)17(12)19(27(3,4)5)18(22)14-9-15(20(23)24)11-16(10-14)21(25)26/h6-11H,1-5H3. The minimum atomic E-state index is -2.28. The van der Waals surface area contributed by atoms with E-state index in [2.05, 4.69) is 0 Å². The van der Waals surface area contributed by atoms with Crippen LogP contribution in [-0.2, 0) is 0 Å². The topological polar surface area (TPSA) is 107 Å². The van der Waals surface area contributed by atoms with Crippen LogP contribution in [0.25, 0.3) is 0 Å². The molecule has 9 heteroatoms. The normalized spacial score (nSPS) is 11.1. The summed E-state index contributed by atoms with van der Waals surface area (Å²) in [7, 11) is -2.28.